The summed E-state index contributed by atoms with van der Waals surface area (Å²) >= 11 is 0. The van der Waals surface area contributed by atoms with Crippen molar-refractivity contribution in [2.75, 3.05) is 6.61 Å². The molecule has 0 fully saturated rings. The number of phenols is 1. The van der Waals surface area contributed by atoms with Crippen LogP contribution in [0.5, 0.6) is 11.5 Å². The van der Waals surface area contributed by atoms with E-state index in [1.54, 1.807) is 0 Å². The van der Waals surface area contributed by atoms with Gasteiger partial charge in [-0.2, -0.15) is 0 Å². The Kier molecular flexibility index (Phi) is 4.53. The molecule has 6 heteroatoms. The van der Waals surface area contributed by atoms with Crippen LogP contribution in [0.15, 0.2) is 18.2 Å². The number of aromatic carboxylic acids is 1. The standard InChI is InChI=1S/C12H14O6/c1-7(2)6-17-12(16)18-8-3-4-9(11(14)15)10(13)5-8/h3-5,7,13H,6H2,1-2H3,(H,14,15). The van der Waals surface area contributed by atoms with E-state index in [0.717, 1.165) is 12.1 Å². The van der Waals surface area contributed by atoms with E-state index in [0.29, 0.717) is 0 Å². The zero-order valence-corrected chi connectivity index (χ0v) is 10.0. The monoisotopic (exact) mass is 254 g/mol. The maximum atomic E-state index is 11.2. The Morgan fingerprint density at radius 2 is 2.00 bits per heavy atom. The van der Waals surface area contributed by atoms with Gasteiger partial charge in [0.25, 0.3) is 0 Å². The lowest BCUT2D eigenvalue weighted by Crippen LogP contribution is -2.14. The van der Waals surface area contributed by atoms with Crippen LogP contribution in [0.25, 0.3) is 0 Å². The lowest BCUT2D eigenvalue weighted by Gasteiger charge is -2.08. The first kappa shape index (κ1) is 13.8. The third-order valence-corrected chi connectivity index (χ3v) is 1.94. The van der Waals surface area contributed by atoms with Gasteiger partial charge in [-0.15, -0.1) is 0 Å². The fraction of sp³-hybridized carbons (Fsp3) is 0.333. The lowest BCUT2D eigenvalue weighted by atomic mass is 10.2. The number of hydrogen-bond acceptors (Lipinski definition) is 5. The number of carbonyl (C=O) groups excluding carboxylic acids is 1. The van der Waals surface area contributed by atoms with E-state index in [1.807, 2.05) is 13.8 Å². The molecule has 6 nitrogen and oxygen atoms in total. The van der Waals surface area contributed by atoms with E-state index in [4.69, 9.17) is 14.6 Å². The normalized spacial score (nSPS) is 10.2. The fourth-order valence-electron chi connectivity index (χ4n) is 1.12. The summed E-state index contributed by atoms with van der Waals surface area (Å²) < 4.78 is 9.53. The van der Waals surface area contributed by atoms with E-state index in [2.05, 4.69) is 0 Å². The maximum Gasteiger partial charge on any atom is 0.513 e. The number of hydrogen-bond donors (Lipinski definition) is 2. The second-order valence-corrected chi connectivity index (χ2v) is 4.04. The fourth-order valence-corrected chi connectivity index (χ4v) is 1.12. The smallest absolute Gasteiger partial charge is 0.507 e. The zero-order valence-electron chi connectivity index (χ0n) is 10.0. The van der Waals surface area contributed by atoms with Crippen LogP contribution < -0.4 is 4.74 Å². The average Bonchev–Trinajstić information content (AvgIpc) is 2.26. The third kappa shape index (κ3) is 3.97. The Bertz CT molecular complexity index is 452. The first-order valence-electron chi connectivity index (χ1n) is 5.31. The summed E-state index contributed by atoms with van der Waals surface area (Å²) in [6.07, 6.45) is -0.897. The molecule has 0 atom stereocenters. The second-order valence-electron chi connectivity index (χ2n) is 4.04. The number of aromatic hydroxyl groups is 1. The Balaban J connectivity index is 2.66. The highest BCUT2D eigenvalue weighted by Gasteiger charge is 2.13. The molecular weight excluding hydrogens is 240 g/mol. The summed E-state index contributed by atoms with van der Waals surface area (Å²) in [4.78, 5) is 21.8. The summed E-state index contributed by atoms with van der Waals surface area (Å²) in [5.74, 6) is -1.54. The van der Waals surface area contributed by atoms with Crippen molar-refractivity contribution in [3.63, 3.8) is 0 Å². The number of rotatable bonds is 4. The van der Waals surface area contributed by atoms with Gasteiger partial charge in [0.05, 0.1) is 6.61 Å². The van der Waals surface area contributed by atoms with Gasteiger partial charge in [-0.25, -0.2) is 9.59 Å². The predicted octanol–water partition coefficient (Wildman–Crippen LogP) is 2.26. The molecule has 0 aliphatic heterocycles. The Morgan fingerprint density at radius 3 is 2.50 bits per heavy atom. The molecule has 1 rings (SSSR count). The van der Waals surface area contributed by atoms with E-state index in [1.165, 1.54) is 6.07 Å². The molecule has 0 radical (unpaired) electrons. The van der Waals surface area contributed by atoms with Crippen molar-refractivity contribution in [1.82, 2.24) is 0 Å². The molecule has 2 N–H and O–H groups in total. The van der Waals surface area contributed by atoms with Crippen molar-refractivity contribution >= 4 is 12.1 Å². The third-order valence-electron chi connectivity index (χ3n) is 1.94. The van der Waals surface area contributed by atoms with Gasteiger partial charge in [0.15, 0.2) is 0 Å². The van der Waals surface area contributed by atoms with Gasteiger partial charge in [-0.3, -0.25) is 0 Å². The summed E-state index contributed by atoms with van der Waals surface area (Å²) in [6, 6.07) is 3.45. The molecule has 0 aromatic heterocycles. The summed E-state index contributed by atoms with van der Waals surface area (Å²) in [6.45, 7) is 3.97. The number of ether oxygens (including phenoxy) is 2. The molecule has 18 heavy (non-hydrogen) atoms. The topological polar surface area (TPSA) is 93.1 Å². The highest BCUT2D eigenvalue weighted by Crippen LogP contribution is 2.23. The Morgan fingerprint density at radius 1 is 1.33 bits per heavy atom. The number of carboxylic acid groups (broad SMARTS) is 1. The van der Waals surface area contributed by atoms with Gasteiger partial charge in [0.2, 0.25) is 0 Å². The van der Waals surface area contributed by atoms with Crippen molar-refractivity contribution in [2.24, 2.45) is 5.92 Å². The van der Waals surface area contributed by atoms with Crippen molar-refractivity contribution in [3.8, 4) is 11.5 Å². The van der Waals surface area contributed by atoms with E-state index in [9.17, 15) is 14.7 Å². The minimum Gasteiger partial charge on any atom is -0.507 e. The quantitative estimate of drug-likeness (QED) is 0.632. The molecule has 98 valence electrons. The summed E-state index contributed by atoms with van der Waals surface area (Å²) in [5, 5.41) is 18.1. The van der Waals surface area contributed by atoms with Crippen LogP contribution in [0, 0.1) is 5.92 Å². The lowest BCUT2D eigenvalue weighted by molar-refractivity contribution is 0.0693. The van der Waals surface area contributed by atoms with Gasteiger partial charge < -0.3 is 19.7 Å². The molecule has 0 amide bonds. The van der Waals surface area contributed by atoms with E-state index in [-0.39, 0.29) is 23.8 Å². The molecule has 0 aliphatic carbocycles. The highest BCUT2D eigenvalue weighted by molar-refractivity contribution is 5.91. The SMILES string of the molecule is CC(C)COC(=O)Oc1ccc(C(=O)O)c(O)c1. The van der Waals surface area contributed by atoms with Crippen LogP contribution in [0.1, 0.15) is 24.2 Å². The first-order chi connectivity index (χ1) is 8.40. The molecule has 1 aromatic carbocycles. The van der Waals surface area contributed by atoms with Gasteiger partial charge in [-0.05, 0) is 18.1 Å². The molecule has 1 aromatic rings. The average molecular weight is 254 g/mol. The van der Waals surface area contributed by atoms with Crippen molar-refractivity contribution in [1.29, 1.82) is 0 Å². The van der Waals surface area contributed by atoms with Crippen LogP contribution >= 0.6 is 0 Å². The van der Waals surface area contributed by atoms with Crippen LogP contribution in [0.4, 0.5) is 4.79 Å². The molecule has 0 spiro atoms. The molecule has 0 heterocycles. The maximum absolute atomic E-state index is 11.2. The van der Waals surface area contributed by atoms with Crippen molar-refractivity contribution in [3.05, 3.63) is 23.8 Å². The summed E-state index contributed by atoms with van der Waals surface area (Å²) in [7, 11) is 0. The van der Waals surface area contributed by atoms with Crippen LogP contribution in [-0.4, -0.2) is 28.9 Å². The van der Waals surface area contributed by atoms with Gasteiger partial charge >= 0.3 is 12.1 Å². The van der Waals surface area contributed by atoms with Gasteiger partial charge in [0, 0.05) is 6.07 Å². The van der Waals surface area contributed by atoms with Crippen LogP contribution in [0.2, 0.25) is 0 Å². The molecule has 0 unspecified atom stereocenters. The number of carbonyl (C=O) groups is 2. The van der Waals surface area contributed by atoms with E-state index >= 15 is 0 Å². The number of carboxylic acids is 1. The second kappa shape index (κ2) is 5.90. The molecule has 0 aliphatic rings. The summed E-state index contributed by atoms with van der Waals surface area (Å²) in [5.41, 5.74) is -0.266. The Labute approximate surface area is 104 Å². The van der Waals surface area contributed by atoms with Crippen molar-refractivity contribution < 1.29 is 29.3 Å². The molecule has 0 saturated carbocycles. The zero-order chi connectivity index (χ0) is 13.7. The van der Waals surface area contributed by atoms with E-state index < -0.39 is 17.9 Å². The number of benzene rings is 1. The predicted molar refractivity (Wildman–Crippen MR) is 61.9 cm³/mol. The largest absolute Gasteiger partial charge is 0.513 e. The molecule has 0 saturated heterocycles. The minimum absolute atomic E-state index is 0.0197. The van der Waals surface area contributed by atoms with Gasteiger partial charge in [-0.1, -0.05) is 13.8 Å². The highest BCUT2D eigenvalue weighted by atomic mass is 16.7. The Hall–Kier alpha value is -2.24. The first-order valence-corrected chi connectivity index (χ1v) is 5.31. The van der Waals surface area contributed by atoms with Crippen LogP contribution in [0.3, 0.4) is 0 Å². The minimum atomic E-state index is -1.26. The molecular formula is C12H14O6. The molecule has 0 bridgehead atoms. The van der Waals surface area contributed by atoms with Gasteiger partial charge in [0.1, 0.15) is 17.1 Å². The van der Waals surface area contributed by atoms with Crippen LogP contribution in [-0.2, 0) is 4.74 Å². The van der Waals surface area contributed by atoms with Crippen molar-refractivity contribution in [2.45, 2.75) is 13.8 Å².